The second-order valence-electron chi connectivity index (χ2n) is 11.8. The molecule has 9 nitrogen and oxygen atoms in total. The van der Waals surface area contributed by atoms with Gasteiger partial charge in [0.05, 0.1) is 49.3 Å². The van der Waals surface area contributed by atoms with Gasteiger partial charge in [0.15, 0.2) is 11.5 Å². The number of aryl methyl sites for hydroxylation is 1. The SMILES string of the molecule is Cc1cc(N2CC[C@](C)(c3ccccc3)C2)cn2nc(C34CC(C(=O)NC5COC[C@H]5O)(CO3)C4)nc12. The van der Waals surface area contributed by atoms with Gasteiger partial charge < -0.3 is 24.8 Å². The molecule has 2 N–H and O–H groups in total. The first-order chi connectivity index (χ1) is 17.8. The van der Waals surface area contributed by atoms with E-state index < -0.39 is 17.1 Å². The van der Waals surface area contributed by atoms with Gasteiger partial charge >= 0.3 is 0 Å². The minimum absolute atomic E-state index is 0.0760. The highest BCUT2D eigenvalue weighted by Gasteiger charge is 2.69. The van der Waals surface area contributed by atoms with Crippen LogP contribution in [0.1, 0.15) is 43.1 Å². The molecule has 4 saturated heterocycles. The van der Waals surface area contributed by atoms with E-state index in [1.54, 1.807) is 0 Å². The monoisotopic (exact) mass is 503 g/mol. The van der Waals surface area contributed by atoms with Gasteiger partial charge in [0.1, 0.15) is 5.60 Å². The summed E-state index contributed by atoms with van der Waals surface area (Å²) in [5, 5.41) is 17.8. The van der Waals surface area contributed by atoms with E-state index in [4.69, 9.17) is 19.6 Å². The van der Waals surface area contributed by atoms with E-state index in [0.717, 1.165) is 36.4 Å². The number of aliphatic hydroxyl groups excluding tert-OH is 1. The van der Waals surface area contributed by atoms with E-state index in [-0.39, 0.29) is 24.0 Å². The number of carbonyl (C=O) groups is 1. The maximum atomic E-state index is 13.0. The molecular weight excluding hydrogens is 470 g/mol. The molecule has 1 saturated carbocycles. The van der Waals surface area contributed by atoms with Gasteiger partial charge in [-0.05, 0) is 30.5 Å². The first-order valence-corrected chi connectivity index (χ1v) is 13.2. The molecule has 6 heterocycles. The lowest BCUT2D eigenvalue weighted by Crippen LogP contribution is -2.55. The van der Waals surface area contributed by atoms with Crippen molar-refractivity contribution in [2.75, 3.05) is 37.8 Å². The van der Waals surface area contributed by atoms with E-state index in [0.29, 0.717) is 31.9 Å². The summed E-state index contributed by atoms with van der Waals surface area (Å²) < 4.78 is 13.3. The quantitative estimate of drug-likeness (QED) is 0.550. The number of ether oxygens (including phenoxy) is 2. The van der Waals surface area contributed by atoms with E-state index in [1.807, 2.05) is 4.52 Å². The predicted molar refractivity (Wildman–Crippen MR) is 136 cm³/mol. The summed E-state index contributed by atoms with van der Waals surface area (Å²) in [4.78, 5) is 20.3. The van der Waals surface area contributed by atoms with Crippen LogP contribution in [-0.4, -0.2) is 70.7 Å². The summed E-state index contributed by atoms with van der Waals surface area (Å²) in [5.74, 6) is 0.571. The van der Waals surface area contributed by atoms with Crippen molar-refractivity contribution in [2.24, 2.45) is 5.41 Å². The predicted octanol–water partition coefficient (Wildman–Crippen LogP) is 2.09. The number of hydrogen-bond acceptors (Lipinski definition) is 7. The van der Waals surface area contributed by atoms with Crippen molar-refractivity contribution in [1.29, 1.82) is 0 Å². The number of fused-ring (bicyclic) bond motifs is 2. The maximum absolute atomic E-state index is 13.0. The van der Waals surface area contributed by atoms with Gasteiger partial charge in [-0.1, -0.05) is 37.3 Å². The Hall–Kier alpha value is -3.01. The van der Waals surface area contributed by atoms with Crippen LogP contribution in [0.5, 0.6) is 0 Å². The fourth-order valence-corrected chi connectivity index (χ4v) is 6.73. The molecule has 2 bridgehead atoms. The van der Waals surface area contributed by atoms with Crippen LogP contribution in [0.25, 0.3) is 5.65 Å². The van der Waals surface area contributed by atoms with Crippen molar-refractivity contribution in [2.45, 2.75) is 56.3 Å². The highest BCUT2D eigenvalue weighted by molar-refractivity contribution is 5.85. The number of anilines is 1. The summed E-state index contributed by atoms with van der Waals surface area (Å²) in [6.07, 6.45) is 3.62. The molecular formula is C28H33N5O4. The van der Waals surface area contributed by atoms with Crippen LogP contribution in [-0.2, 0) is 25.3 Å². The summed E-state index contributed by atoms with van der Waals surface area (Å²) in [7, 11) is 0. The summed E-state index contributed by atoms with van der Waals surface area (Å²) in [6, 6.07) is 12.6. The van der Waals surface area contributed by atoms with Gasteiger partial charge in [-0.3, -0.25) is 4.79 Å². The van der Waals surface area contributed by atoms with Gasteiger partial charge in [-0.25, -0.2) is 9.50 Å². The molecule has 2 aromatic heterocycles. The Kier molecular flexibility index (Phi) is 5.00. The van der Waals surface area contributed by atoms with Crippen molar-refractivity contribution in [3.05, 3.63) is 59.5 Å². The standard InChI is InChI=1S/C28H33N5O4/c1-18-10-20(32-9-8-26(2,16-32)19-6-4-3-5-7-19)11-33-23(18)30-24(31-33)28-14-27(15-28,17-37-28)25(35)29-21-12-36-13-22(21)34/h3-7,10-11,21-22,34H,8-9,12-17H2,1-2H3,(H,29,35)/t21?,22-,26+,27?,28?/m1/s1. The summed E-state index contributed by atoms with van der Waals surface area (Å²) in [6.45, 7) is 7.30. The molecule has 5 fully saturated rings. The Morgan fingerprint density at radius 2 is 2.03 bits per heavy atom. The third-order valence-corrected chi connectivity index (χ3v) is 9.04. The first kappa shape index (κ1) is 23.1. The Balaban J connectivity index is 1.10. The maximum Gasteiger partial charge on any atom is 0.229 e. The van der Waals surface area contributed by atoms with Gasteiger partial charge in [-0.15, -0.1) is 5.10 Å². The molecule has 5 aliphatic rings. The van der Waals surface area contributed by atoms with Gasteiger partial charge in [0.2, 0.25) is 5.91 Å². The zero-order valence-corrected chi connectivity index (χ0v) is 21.3. The molecule has 0 radical (unpaired) electrons. The first-order valence-electron chi connectivity index (χ1n) is 13.2. The molecule has 8 rings (SSSR count). The van der Waals surface area contributed by atoms with Gasteiger partial charge in [0.25, 0.3) is 0 Å². The lowest BCUT2D eigenvalue weighted by molar-refractivity contribution is -0.137. The van der Waals surface area contributed by atoms with Crippen LogP contribution < -0.4 is 10.2 Å². The van der Waals surface area contributed by atoms with Crippen molar-refractivity contribution >= 4 is 17.2 Å². The Labute approximate surface area is 215 Å². The number of amides is 1. The van der Waals surface area contributed by atoms with Gasteiger partial charge in [-0.2, -0.15) is 0 Å². The molecule has 194 valence electrons. The van der Waals surface area contributed by atoms with Crippen LogP contribution in [0, 0.1) is 12.3 Å². The minimum atomic E-state index is -0.661. The molecule has 1 unspecified atom stereocenters. The number of nitrogens with zero attached hydrogens (tertiary/aromatic N) is 4. The molecule has 0 spiro atoms. The number of aliphatic hydroxyl groups is 1. The molecule has 37 heavy (non-hydrogen) atoms. The van der Waals surface area contributed by atoms with E-state index in [2.05, 4.69) is 66.7 Å². The summed E-state index contributed by atoms with van der Waals surface area (Å²) >= 11 is 0. The van der Waals surface area contributed by atoms with Crippen molar-refractivity contribution < 1.29 is 19.4 Å². The van der Waals surface area contributed by atoms with Crippen LogP contribution >= 0.6 is 0 Å². The average Bonchev–Trinajstić information content (AvgIpc) is 3.68. The second kappa shape index (κ2) is 7.99. The lowest BCUT2D eigenvalue weighted by Gasteiger charge is -2.41. The molecule has 3 atom stereocenters. The third kappa shape index (κ3) is 3.51. The number of aromatic nitrogens is 3. The molecule has 1 aromatic carbocycles. The minimum Gasteiger partial charge on any atom is -0.388 e. The topological polar surface area (TPSA) is 101 Å². The van der Waals surface area contributed by atoms with Gasteiger partial charge in [0, 0.05) is 31.3 Å². The van der Waals surface area contributed by atoms with Crippen LogP contribution in [0.4, 0.5) is 5.69 Å². The van der Waals surface area contributed by atoms with Crippen LogP contribution in [0.15, 0.2) is 42.6 Å². The fourth-order valence-electron chi connectivity index (χ4n) is 6.73. The number of rotatable bonds is 5. The fraction of sp³-hybridized carbons (Fsp3) is 0.536. The van der Waals surface area contributed by atoms with Crippen LogP contribution in [0.3, 0.4) is 0 Å². The lowest BCUT2D eigenvalue weighted by atomic mass is 9.61. The number of nitrogens with one attached hydrogen (secondary N) is 1. The molecule has 4 aliphatic heterocycles. The normalized spacial score (nSPS) is 34.7. The average molecular weight is 504 g/mol. The third-order valence-electron chi connectivity index (χ3n) is 9.04. The number of carbonyl (C=O) groups excluding carboxylic acids is 1. The highest BCUT2D eigenvalue weighted by Crippen LogP contribution is 2.62. The number of hydrogen-bond donors (Lipinski definition) is 2. The smallest absolute Gasteiger partial charge is 0.229 e. The Morgan fingerprint density at radius 1 is 1.22 bits per heavy atom. The van der Waals surface area contributed by atoms with E-state index in [9.17, 15) is 9.90 Å². The summed E-state index contributed by atoms with van der Waals surface area (Å²) in [5.41, 5.74) is 3.32. The molecule has 1 amide bonds. The Bertz CT molecular complexity index is 1370. The number of benzene rings is 1. The number of pyridine rings is 1. The van der Waals surface area contributed by atoms with Crippen LogP contribution in [0.2, 0.25) is 0 Å². The van der Waals surface area contributed by atoms with Crippen molar-refractivity contribution in [3.63, 3.8) is 0 Å². The van der Waals surface area contributed by atoms with Crippen molar-refractivity contribution in [3.8, 4) is 0 Å². The molecule has 1 aliphatic carbocycles. The van der Waals surface area contributed by atoms with E-state index in [1.165, 1.54) is 5.56 Å². The van der Waals surface area contributed by atoms with E-state index >= 15 is 0 Å². The Morgan fingerprint density at radius 3 is 2.78 bits per heavy atom. The zero-order chi connectivity index (χ0) is 25.4. The van der Waals surface area contributed by atoms with Crippen molar-refractivity contribution in [1.82, 2.24) is 19.9 Å². The molecule has 9 heteroatoms. The largest absolute Gasteiger partial charge is 0.388 e. The second-order valence-corrected chi connectivity index (χ2v) is 11.8. The zero-order valence-electron chi connectivity index (χ0n) is 21.3. The highest BCUT2D eigenvalue weighted by atomic mass is 16.5. The molecule has 3 aromatic rings.